The van der Waals surface area contributed by atoms with Gasteiger partial charge in [0, 0.05) is 17.6 Å². The Labute approximate surface area is 211 Å². The van der Waals surface area contributed by atoms with Gasteiger partial charge in [0.1, 0.15) is 18.3 Å². The first-order valence-corrected chi connectivity index (χ1v) is 12.3. The van der Waals surface area contributed by atoms with Crippen LogP contribution >= 0.6 is 22.6 Å². The fourth-order valence-corrected chi connectivity index (χ4v) is 5.25. The van der Waals surface area contributed by atoms with Crippen molar-refractivity contribution in [2.45, 2.75) is 84.5 Å². The third kappa shape index (κ3) is 6.09. The van der Waals surface area contributed by atoms with Gasteiger partial charge < -0.3 is 19.5 Å². The van der Waals surface area contributed by atoms with Crippen LogP contribution in [-0.4, -0.2) is 52.1 Å². The van der Waals surface area contributed by atoms with Gasteiger partial charge in [0.15, 0.2) is 0 Å². The minimum Gasteiger partial charge on any atom is -0.444 e. The van der Waals surface area contributed by atoms with Crippen LogP contribution in [0, 0.1) is 9.12 Å². The predicted molar refractivity (Wildman–Crippen MR) is 134 cm³/mol. The number of carbonyl (C=O) groups is 1. The van der Waals surface area contributed by atoms with E-state index < -0.39 is 48.1 Å². The second kappa shape index (κ2) is 9.39. The van der Waals surface area contributed by atoms with E-state index in [1.165, 1.54) is 9.47 Å². The Balaban J connectivity index is 1.89. The van der Waals surface area contributed by atoms with Gasteiger partial charge in [0.05, 0.1) is 21.3 Å². The summed E-state index contributed by atoms with van der Waals surface area (Å²) in [5.41, 5.74) is -0.256. The van der Waals surface area contributed by atoms with E-state index >= 15 is 4.39 Å². The van der Waals surface area contributed by atoms with Crippen molar-refractivity contribution >= 4 is 45.3 Å². The first-order valence-electron chi connectivity index (χ1n) is 11.2. The largest absolute Gasteiger partial charge is 0.444 e. The molecule has 0 spiro atoms. The van der Waals surface area contributed by atoms with Crippen LogP contribution < -0.4 is 5.32 Å². The van der Waals surface area contributed by atoms with E-state index in [-0.39, 0.29) is 0 Å². The fourth-order valence-electron chi connectivity index (χ4n) is 4.51. The summed E-state index contributed by atoms with van der Waals surface area (Å²) in [4.78, 5) is 14.3. The number of carbonyl (C=O) groups excluding carboxylic acids is 1. The van der Waals surface area contributed by atoms with Gasteiger partial charge >= 0.3 is 12.3 Å². The average Bonchev–Trinajstić information content (AvgIpc) is 2.95. The molecule has 0 bridgehead atoms. The lowest BCUT2D eigenvalue weighted by molar-refractivity contribution is -0.140. The summed E-state index contributed by atoms with van der Waals surface area (Å²) in [5.74, 6) is 0. The van der Waals surface area contributed by atoms with Gasteiger partial charge in [-0.05, 0) is 73.4 Å². The lowest BCUT2D eigenvalue weighted by Crippen LogP contribution is -2.62. The zero-order valence-corrected chi connectivity index (χ0v) is 22.4. The van der Waals surface area contributed by atoms with E-state index in [2.05, 4.69) is 5.32 Å². The van der Waals surface area contributed by atoms with E-state index in [0.717, 1.165) is 0 Å². The number of hydrogen-bond donors (Lipinski definition) is 1. The molecule has 1 N–H and O–H groups in total. The maximum atomic E-state index is 16.0. The van der Waals surface area contributed by atoms with Gasteiger partial charge in [-0.1, -0.05) is 26.8 Å². The molecule has 0 radical (unpaired) electrons. The second-order valence-electron chi connectivity index (χ2n) is 10.9. The second-order valence-corrected chi connectivity index (χ2v) is 12.0. The third-order valence-electron chi connectivity index (χ3n) is 5.79. The summed E-state index contributed by atoms with van der Waals surface area (Å²) in [6.07, 6.45) is -5.97. The highest BCUT2D eigenvalue weighted by Crippen LogP contribution is 2.38. The van der Waals surface area contributed by atoms with Crippen LogP contribution in [0.2, 0.25) is 0 Å². The molecule has 3 unspecified atom stereocenters. The minimum absolute atomic E-state index is 0.303. The highest BCUT2D eigenvalue weighted by Gasteiger charge is 2.47. The van der Waals surface area contributed by atoms with Crippen LogP contribution in [0.5, 0.6) is 0 Å². The van der Waals surface area contributed by atoms with Crippen molar-refractivity contribution in [3.8, 4) is 0 Å². The van der Waals surface area contributed by atoms with Gasteiger partial charge in [0.2, 0.25) is 0 Å². The molecule has 2 heterocycles. The molecule has 10 heteroatoms. The van der Waals surface area contributed by atoms with Crippen LogP contribution in [0.15, 0.2) is 24.3 Å². The quantitative estimate of drug-likeness (QED) is 0.307. The summed E-state index contributed by atoms with van der Waals surface area (Å²) in [7, 11) is 0. The van der Waals surface area contributed by atoms with E-state index in [1.807, 2.05) is 43.4 Å². The number of amides is 1. The first-order chi connectivity index (χ1) is 15.5. The van der Waals surface area contributed by atoms with Crippen molar-refractivity contribution in [1.82, 2.24) is 9.47 Å². The molecule has 1 aliphatic rings. The molecular formula is C24H32F4IN3O2. The zero-order chi connectivity index (χ0) is 25.6. The molecule has 1 amide bonds. The highest BCUT2D eigenvalue weighted by atomic mass is 127. The molecule has 2 aromatic rings. The van der Waals surface area contributed by atoms with E-state index in [1.54, 1.807) is 45.0 Å². The first kappa shape index (κ1) is 26.9. The topological polar surface area (TPSA) is 46.5 Å². The number of aromatic nitrogens is 1. The normalized spacial score (nSPS) is 22.2. The number of likely N-dealkylation sites (tertiary alicyclic amines) is 1. The maximum absolute atomic E-state index is 16.0. The third-order valence-corrected chi connectivity index (χ3v) is 6.69. The Kier molecular flexibility index (Phi) is 7.42. The molecule has 1 aromatic heterocycles. The molecule has 190 valence electrons. The molecule has 5 nitrogen and oxygen atoms in total. The number of ether oxygens (including phenoxy) is 1. The summed E-state index contributed by atoms with van der Waals surface area (Å²) < 4.78 is 62.4. The molecule has 34 heavy (non-hydrogen) atoms. The van der Waals surface area contributed by atoms with Gasteiger partial charge in [-0.15, -0.1) is 0 Å². The molecule has 3 atom stereocenters. The maximum Gasteiger partial charge on any atom is 0.410 e. The number of hydrogen-bond acceptors (Lipinski definition) is 3. The number of rotatable bonds is 3. The summed E-state index contributed by atoms with van der Waals surface area (Å²) in [6, 6.07) is 5.37. The Hall–Kier alpha value is -1.72. The van der Waals surface area contributed by atoms with Crippen molar-refractivity contribution < 1.29 is 27.1 Å². The molecular weight excluding hydrogens is 565 g/mol. The van der Waals surface area contributed by atoms with Crippen molar-refractivity contribution in [2.24, 2.45) is 5.41 Å². The lowest BCUT2D eigenvalue weighted by Gasteiger charge is -2.48. The summed E-state index contributed by atoms with van der Waals surface area (Å²) in [5, 5.41) is 3.84. The lowest BCUT2D eigenvalue weighted by atomic mass is 9.78. The van der Waals surface area contributed by atoms with Gasteiger partial charge in [-0.3, -0.25) is 0 Å². The van der Waals surface area contributed by atoms with Crippen LogP contribution in [0.4, 0.5) is 28.0 Å². The molecule has 1 aromatic carbocycles. The molecule has 1 aliphatic heterocycles. The van der Waals surface area contributed by atoms with Crippen molar-refractivity contribution in [3.05, 3.63) is 28.0 Å². The Bertz CT molecular complexity index is 1040. The monoisotopic (exact) mass is 597 g/mol. The van der Waals surface area contributed by atoms with Crippen molar-refractivity contribution in [1.29, 1.82) is 0 Å². The van der Waals surface area contributed by atoms with Gasteiger partial charge in [0.25, 0.3) is 0 Å². The standard InChI is InChI=1S/C24H32F4IN3O2/c1-22(2,3)20-19(25)16(10-11-31(20)21(33)34-23(4,5)6)30-15-8-7-9-17-14(15)12-18(29)32(17)13-24(26,27)28/h7-9,12,16,19-20,30H,10-11,13H2,1-6H3. The number of nitrogens with one attached hydrogen (secondary N) is 1. The predicted octanol–water partition coefficient (Wildman–Crippen LogP) is 6.98. The van der Waals surface area contributed by atoms with Crippen LogP contribution in [0.1, 0.15) is 48.0 Å². The number of anilines is 1. The SMILES string of the molecule is CC(C)(C)OC(=O)N1CCC(Nc2cccc3c2cc(I)n3CC(F)(F)F)C(F)C1C(C)(C)C. The molecule has 0 saturated carbocycles. The minimum atomic E-state index is -4.35. The Morgan fingerprint density at radius 3 is 2.38 bits per heavy atom. The zero-order valence-electron chi connectivity index (χ0n) is 20.3. The number of piperidine rings is 1. The van der Waals surface area contributed by atoms with E-state index in [9.17, 15) is 18.0 Å². The molecule has 1 fully saturated rings. The Morgan fingerprint density at radius 1 is 1.18 bits per heavy atom. The molecule has 0 aliphatic carbocycles. The summed E-state index contributed by atoms with van der Waals surface area (Å²) in [6.45, 7) is 10.2. The highest BCUT2D eigenvalue weighted by molar-refractivity contribution is 14.1. The van der Waals surface area contributed by atoms with E-state index in [4.69, 9.17) is 4.74 Å². The number of halogens is 5. The fraction of sp³-hybridized carbons (Fsp3) is 0.625. The van der Waals surface area contributed by atoms with Crippen LogP contribution in [0.3, 0.4) is 0 Å². The number of benzene rings is 1. The van der Waals surface area contributed by atoms with E-state index in [0.29, 0.717) is 33.3 Å². The number of alkyl halides is 4. The average molecular weight is 597 g/mol. The van der Waals surface area contributed by atoms with Crippen LogP contribution in [0.25, 0.3) is 10.9 Å². The van der Waals surface area contributed by atoms with Gasteiger partial charge in [-0.2, -0.15) is 13.2 Å². The van der Waals surface area contributed by atoms with Crippen LogP contribution in [-0.2, 0) is 11.3 Å². The number of nitrogens with zero attached hydrogens (tertiary/aromatic N) is 2. The number of fused-ring (bicyclic) bond motifs is 1. The Morgan fingerprint density at radius 2 is 1.82 bits per heavy atom. The molecule has 3 rings (SSSR count). The smallest absolute Gasteiger partial charge is 0.410 e. The van der Waals surface area contributed by atoms with Crippen molar-refractivity contribution in [2.75, 3.05) is 11.9 Å². The van der Waals surface area contributed by atoms with Gasteiger partial charge in [-0.25, -0.2) is 9.18 Å². The van der Waals surface area contributed by atoms with Crippen molar-refractivity contribution in [3.63, 3.8) is 0 Å². The summed E-state index contributed by atoms with van der Waals surface area (Å²) >= 11 is 1.88. The molecule has 1 saturated heterocycles.